The van der Waals surface area contributed by atoms with E-state index in [0.29, 0.717) is 22.6 Å². The van der Waals surface area contributed by atoms with E-state index in [1.54, 1.807) is 37.4 Å². The van der Waals surface area contributed by atoms with E-state index in [9.17, 15) is 4.39 Å². The maximum Gasteiger partial charge on any atom is 0.172 e. The molecule has 2 N–H and O–H groups in total. The van der Waals surface area contributed by atoms with Gasteiger partial charge in [-0.15, -0.1) is 0 Å². The minimum Gasteiger partial charge on any atom is -0.494 e. The van der Waals surface area contributed by atoms with E-state index >= 15 is 0 Å². The highest BCUT2D eigenvalue weighted by Crippen LogP contribution is 2.38. The Morgan fingerprint density at radius 1 is 0.905 bits per heavy atom. The van der Waals surface area contributed by atoms with Gasteiger partial charge in [0.2, 0.25) is 0 Å². The summed E-state index contributed by atoms with van der Waals surface area (Å²) in [6, 6.07) is 8.46. The van der Waals surface area contributed by atoms with Gasteiger partial charge in [-0.1, -0.05) is 12.1 Å². The van der Waals surface area contributed by atoms with Crippen molar-refractivity contribution in [3.05, 3.63) is 41.7 Å². The quantitative estimate of drug-likeness (QED) is 0.920. The average molecular weight is 291 g/mol. The van der Waals surface area contributed by atoms with Crippen molar-refractivity contribution in [3.8, 4) is 28.4 Å². The zero-order valence-corrected chi connectivity index (χ0v) is 12.3. The summed E-state index contributed by atoms with van der Waals surface area (Å²) < 4.78 is 30.0. The number of methoxy groups -OCH3 is 3. The van der Waals surface area contributed by atoms with Gasteiger partial charge in [0.25, 0.3) is 0 Å². The van der Waals surface area contributed by atoms with Crippen molar-refractivity contribution in [2.45, 2.75) is 6.54 Å². The molecule has 0 fully saturated rings. The number of hydrogen-bond donors (Lipinski definition) is 1. The Morgan fingerprint density at radius 3 is 2.10 bits per heavy atom. The summed E-state index contributed by atoms with van der Waals surface area (Å²) in [4.78, 5) is 0. The standard InChI is InChI=1S/C16H18FNO3/c1-19-13-6-4-5-11(16(13)17)12-8-15(21-3)14(20-2)7-10(12)9-18/h4-8H,9,18H2,1-3H3. The first-order valence-electron chi connectivity index (χ1n) is 6.44. The maximum absolute atomic E-state index is 14.5. The van der Waals surface area contributed by atoms with E-state index in [1.807, 2.05) is 0 Å². The SMILES string of the molecule is COc1cc(CN)c(-c2cccc(OC)c2F)cc1OC. The molecule has 0 unspecified atom stereocenters. The van der Waals surface area contributed by atoms with Gasteiger partial charge < -0.3 is 19.9 Å². The minimum absolute atomic E-state index is 0.185. The Bertz CT molecular complexity index is 644. The molecule has 0 atom stereocenters. The molecule has 21 heavy (non-hydrogen) atoms. The van der Waals surface area contributed by atoms with Gasteiger partial charge in [-0.2, -0.15) is 0 Å². The molecule has 0 aliphatic carbocycles. The Balaban J connectivity index is 2.68. The molecular formula is C16H18FNO3. The Labute approximate surface area is 123 Å². The van der Waals surface area contributed by atoms with Crippen molar-refractivity contribution in [2.24, 2.45) is 5.73 Å². The zero-order chi connectivity index (χ0) is 15.4. The fraction of sp³-hybridized carbons (Fsp3) is 0.250. The number of rotatable bonds is 5. The fourth-order valence-electron chi connectivity index (χ4n) is 2.22. The van der Waals surface area contributed by atoms with E-state index < -0.39 is 5.82 Å². The molecule has 0 spiro atoms. The topological polar surface area (TPSA) is 53.7 Å². The largest absolute Gasteiger partial charge is 0.494 e. The average Bonchev–Trinajstić information content (AvgIpc) is 2.53. The van der Waals surface area contributed by atoms with Crippen LogP contribution in [0.4, 0.5) is 4.39 Å². The number of halogens is 1. The van der Waals surface area contributed by atoms with Gasteiger partial charge in [0.15, 0.2) is 23.1 Å². The Morgan fingerprint density at radius 2 is 1.52 bits per heavy atom. The van der Waals surface area contributed by atoms with Gasteiger partial charge >= 0.3 is 0 Å². The van der Waals surface area contributed by atoms with Crippen molar-refractivity contribution < 1.29 is 18.6 Å². The normalized spacial score (nSPS) is 10.3. The number of nitrogens with two attached hydrogens (primary N) is 1. The number of benzene rings is 2. The third kappa shape index (κ3) is 2.78. The molecule has 0 aromatic heterocycles. The third-order valence-electron chi connectivity index (χ3n) is 3.30. The summed E-state index contributed by atoms with van der Waals surface area (Å²) in [5.74, 6) is 0.837. The Hall–Kier alpha value is -2.27. The van der Waals surface area contributed by atoms with Crippen molar-refractivity contribution >= 4 is 0 Å². The first kappa shape index (κ1) is 15.1. The molecular weight excluding hydrogens is 273 g/mol. The lowest BCUT2D eigenvalue weighted by molar-refractivity contribution is 0.354. The van der Waals surface area contributed by atoms with Crippen molar-refractivity contribution in [1.29, 1.82) is 0 Å². The predicted octanol–water partition coefficient (Wildman–Crippen LogP) is 2.98. The van der Waals surface area contributed by atoms with Gasteiger partial charge in [-0.05, 0) is 29.3 Å². The second kappa shape index (κ2) is 6.45. The second-order valence-corrected chi connectivity index (χ2v) is 4.39. The second-order valence-electron chi connectivity index (χ2n) is 4.39. The van der Waals surface area contributed by atoms with Crippen LogP contribution in [0.1, 0.15) is 5.56 Å². The van der Waals surface area contributed by atoms with E-state index in [2.05, 4.69) is 0 Å². The fourth-order valence-corrected chi connectivity index (χ4v) is 2.22. The van der Waals surface area contributed by atoms with Crippen LogP contribution in [0, 0.1) is 5.82 Å². The highest BCUT2D eigenvalue weighted by atomic mass is 19.1. The van der Waals surface area contributed by atoms with E-state index in [0.717, 1.165) is 5.56 Å². The molecule has 0 saturated carbocycles. The minimum atomic E-state index is -0.429. The van der Waals surface area contributed by atoms with E-state index in [4.69, 9.17) is 19.9 Å². The summed E-state index contributed by atoms with van der Waals surface area (Å²) in [7, 11) is 4.51. The molecule has 2 rings (SSSR count). The molecule has 0 radical (unpaired) electrons. The Kier molecular flexibility index (Phi) is 4.65. The molecule has 112 valence electrons. The number of ether oxygens (including phenoxy) is 3. The van der Waals surface area contributed by atoms with Crippen LogP contribution in [0.5, 0.6) is 17.2 Å². The van der Waals surface area contributed by atoms with Crippen LogP contribution in [-0.2, 0) is 6.54 Å². The highest BCUT2D eigenvalue weighted by Gasteiger charge is 2.16. The molecule has 0 amide bonds. The third-order valence-corrected chi connectivity index (χ3v) is 3.30. The highest BCUT2D eigenvalue weighted by molar-refractivity contribution is 5.73. The van der Waals surface area contributed by atoms with Crippen LogP contribution >= 0.6 is 0 Å². The van der Waals surface area contributed by atoms with Gasteiger partial charge in [0.1, 0.15) is 0 Å². The molecule has 2 aromatic carbocycles. The van der Waals surface area contributed by atoms with Crippen molar-refractivity contribution in [2.75, 3.05) is 21.3 Å². The van der Waals surface area contributed by atoms with Crippen molar-refractivity contribution in [3.63, 3.8) is 0 Å². The molecule has 0 bridgehead atoms. The molecule has 5 heteroatoms. The van der Waals surface area contributed by atoms with Crippen LogP contribution in [-0.4, -0.2) is 21.3 Å². The molecule has 0 saturated heterocycles. The first-order chi connectivity index (χ1) is 10.2. The van der Waals surface area contributed by atoms with Gasteiger partial charge in [0.05, 0.1) is 21.3 Å². The van der Waals surface area contributed by atoms with Gasteiger partial charge in [-0.3, -0.25) is 0 Å². The predicted molar refractivity (Wildman–Crippen MR) is 79.4 cm³/mol. The lowest BCUT2D eigenvalue weighted by Crippen LogP contribution is -2.03. The monoisotopic (exact) mass is 291 g/mol. The number of hydrogen-bond acceptors (Lipinski definition) is 4. The summed E-state index contributed by atoms with van der Waals surface area (Å²) in [6.45, 7) is 0.256. The summed E-state index contributed by atoms with van der Waals surface area (Å²) in [5.41, 5.74) is 7.61. The molecule has 0 aliphatic rings. The summed E-state index contributed by atoms with van der Waals surface area (Å²) >= 11 is 0. The van der Waals surface area contributed by atoms with E-state index in [1.165, 1.54) is 14.2 Å². The zero-order valence-electron chi connectivity index (χ0n) is 12.3. The van der Waals surface area contributed by atoms with Gasteiger partial charge in [0, 0.05) is 12.1 Å². The van der Waals surface area contributed by atoms with Crippen LogP contribution in [0.2, 0.25) is 0 Å². The summed E-state index contributed by atoms with van der Waals surface area (Å²) in [5, 5.41) is 0. The van der Waals surface area contributed by atoms with Gasteiger partial charge in [-0.25, -0.2) is 4.39 Å². The van der Waals surface area contributed by atoms with Crippen molar-refractivity contribution in [1.82, 2.24) is 0 Å². The lowest BCUT2D eigenvalue weighted by atomic mass is 9.98. The summed E-state index contributed by atoms with van der Waals surface area (Å²) in [6.07, 6.45) is 0. The lowest BCUT2D eigenvalue weighted by Gasteiger charge is -2.15. The molecule has 2 aromatic rings. The van der Waals surface area contributed by atoms with Crippen LogP contribution in [0.3, 0.4) is 0 Å². The molecule has 0 heterocycles. The smallest absolute Gasteiger partial charge is 0.172 e. The molecule has 4 nitrogen and oxygen atoms in total. The first-order valence-corrected chi connectivity index (χ1v) is 6.44. The molecule has 0 aliphatic heterocycles. The van der Waals surface area contributed by atoms with Crippen LogP contribution < -0.4 is 19.9 Å². The van der Waals surface area contributed by atoms with E-state index in [-0.39, 0.29) is 12.3 Å². The van der Waals surface area contributed by atoms with Crippen LogP contribution in [0.25, 0.3) is 11.1 Å². The maximum atomic E-state index is 14.5. The van der Waals surface area contributed by atoms with Crippen LogP contribution in [0.15, 0.2) is 30.3 Å².